The van der Waals surface area contributed by atoms with Gasteiger partial charge in [0.15, 0.2) is 0 Å². The van der Waals surface area contributed by atoms with Crippen LogP contribution in [-0.4, -0.2) is 45.3 Å². The average Bonchev–Trinajstić information content (AvgIpc) is 3.16. The summed E-state index contributed by atoms with van der Waals surface area (Å²) in [5.41, 5.74) is 0.676. The fourth-order valence-electron chi connectivity index (χ4n) is 4.94. The lowest BCUT2D eigenvalue weighted by Crippen LogP contribution is -2.42. The van der Waals surface area contributed by atoms with Crippen molar-refractivity contribution < 1.29 is 15.0 Å². The number of amides is 1. The Kier molecular flexibility index (Phi) is 8.76. The first kappa shape index (κ1) is 25.1. The minimum Gasteiger partial charge on any atom is -0.392 e. The van der Waals surface area contributed by atoms with Crippen LogP contribution >= 0.6 is 0 Å². The third kappa shape index (κ3) is 6.95. The highest BCUT2D eigenvalue weighted by molar-refractivity contribution is 5.76. The lowest BCUT2D eigenvalue weighted by molar-refractivity contribution is -0.134. The molecule has 4 nitrogen and oxygen atoms in total. The SMILES string of the molecule is CCCC[C@](C)(O)CC=C[C@@H]1[C@H]2CC(CCCC(=O)N(C)C(C)(C)C)=C[C@H]2C[C@H]1O. The second-order valence-electron chi connectivity index (χ2n) is 10.9. The van der Waals surface area contributed by atoms with Crippen molar-refractivity contribution in [1.29, 1.82) is 0 Å². The van der Waals surface area contributed by atoms with Gasteiger partial charge < -0.3 is 15.1 Å². The number of carbonyl (C=O) groups is 1. The van der Waals surface area contributed by atoms with Crippen molar-refractivity contribution in [2.75, 3.05) is 7.05 Å². The summed E-state index contributed by atoms with van der Waals surface area (Å²) < 4.78 is 0. The smallest absolute Gasteiger partial charge is 0.222 e. The fraction of sp³-hybridized carbons (Fsp3) is 0.808. The molecule has 2 rings (SSSR count). The summed E-state index contributed by atoms with van der Waals surface area (Å²) in [5.74, 6) is 1.32. The van der Waals surface area contributed by atoms with Gasteiger partial charge in [0.25, 0.3) is 0 Å². The Morgan fingerprint density at radius 3 is 2.60 bits per heavy atom. The van der Waals surface area contributed by atoms with E-state index in [9.17, 15) is 15.0 Å². The summed E-state index contributed by atoms with van der Waals surface area (Å²) in [6.45, 7) is 10.2. The topological polar surface area (TPSA) is 60.8 Å². The van der Waals surface area contributed by atoms with Gasteiger partial charge in [0.2, 0.25) is 5.91 Å². The van der Waals surface area contributed by atoms with Crippen molar-refractivity contribution in [3.63, 3.8) is 0 Å². The molecule has 172 valence electrons. The van der Waals surface area contributed by atoms with Gasteiger partial charge in [0.05, 0.1) is 11.7 Å². The minimum atomic E-state index is -0.651. The number of hydrogen-bond acceptors (Lipinski definition) is 3. The summed E-state index contributed by atoms with van der Waals surface area (Å²) in [6.07, 6.45) is 14.3. The van der Waals surface area contributed by atoms with Crippen LogP contribution in [0, 0.1) is 17.8 Å². The highest BCUT2D eigenvalue weighted by Crippen LogP contribution is 2.48. The van der Waals surface area contributed by atoms with E-state index < -0.39 is 5.60 Å². The maximum Gasteiger partial charge on any atom is 0.222 e. The van der Waals surface area contributed by atoms with Crippen LogP contribution in [-0.2, 0) is 4.79 Å². The Hall–Kier alpha value is -1.13. The molecule has 0 aromatic heterocycles. The summed E-state index contributed by atoms with van der Waals surface area (Å²) in [6, 6.07) is 0. The number of carbonyl (C=O) groups excluding carboxylic acids is 1. The van der Waals surface area contributed by atoms with Crippen molar-refractivity contribution in [3.05, 3.63) is 23.8 Å². The third-order valence-corrected chi connectivity index (χ3v) is 7.20. The molecular weight excluding hydrogens is 374 g/mol. The largest absolute Gasteiger partial charge is 0.392 e. The number of hydrogen-bond donors (Lipinski definition) is 2. The molecule has 0 radical (unpaired) electrons. The Morgan fingerprint density at radius 2 is 1.97 bits per heavy atom. The number of rotatable bonds is 10. The molecule has 2 aliphatic carbocycles. The Balaban J connectivity index is 1.82. The van der Waals surface area contributed by atoms with E-state index in [0.717, 1.165) is 44.9 Å². The zero-order valence-electron chi connectivity index (χ0n) is 20.2. The maximum absolute atomic E-state index is 12.4. The molecule has 0 aromatic rings. The van der Waals surface area contributed by atoms with E-state index in [2.05, 4.69) is 45.9 Å². The van der Waals surface area contributed by atoms with E-state index in [1.807, 2.05) is 18.9 Å². The molecule has 1 fully saturated rings. The molecule has 1 amide bonds. The first-order chi connectivity index (χ1) is 13.9. The van der Waals surface area contributed by atoms with Gasteiger partial charge in [-0.3, -0.25) is 4.79 Å². The molecule has 0 aliphatic heterocycles. The van der Waals surface area contributed by atoms with Crippen molar-refractivity contribution in [1.82, 2.24) is 4.90 Å². The van der Waals surface area contributed by atoms with E-state index >= 15 is 0 Å². The van der Waals surface area contributed by atoms with E-state index in [0.29, 0.717) is 24.7 Å². The van der Waals surface area contributed by atoms with E-state index in [1.165, 1.54) is 5.57 Å². The van der Waals surface area contributed by atoms with Gasteiger partial charge in [-0.2, -0.15) is 0 Å². The molecule has 2 aliphatic rings. The Labute approximate surface area is 184 Å². The molecule has 4 heteroatoms. The van der Waals surface area contributed by atoms with E-state index in [4.69, 9.17) is 0 Å². The molecule has 0 aromatic carbocycles. The molecule has 0 heterocycles. The predicted molar refractivity (Wildman–Crippen MR) is 124 cm³/mol. The molecule has 1 saturated carbocycles. The molecule has 2 N–H and O–H groups in total. The maximum atomic E-state index is 12.4. The van der Waals surface area contributed by atoms with Gasteiger partial charge in [-0.1, -0.05) is 43.6 Å². The summed E-state index contributed by atoms with van der Waals surface area (Å²) in [5, 5.41) is 21.0. The van der Waals surface area contributed by atoms with Crippen molar-refractivity contribution in [2.24, 2.45) is 17.8 Å². The lowest BCUT2D eigenvalue weighted by atomic mass is 9.87. The van der Waals surface area contributed by atoms with Crippen LogP contribution in [0.3, 0.4) is 0 Å². The van der Waals surface area contributed by atoms with E-state index in [-0.39, 0.29) is 23.5 Å². The number of allylic oxidation sites excluding steroid dienone is 2. The third-order valence-electron chi connectivity index (χ3n) is 7.20. The number of aliphatic hydroxyl groups is 2. The van der Waals surface area contributed by atoms with Crippen LogP contribution in [0.1, 0.15) is 92.4 Å². The predicted octanol–water partition coefficient (Wildman–Crippen LogP) is 5.24. The molecular formula is C26H45NO3. The molecule has 0 unspecified atom stereocenters. The van der Waals surface area contributed by atoms with Crippen LogP contribution in [0.4, 0.5) is 0 Å². The van der Waals surface area contributed by atoms with Crippen LogP contribution in [0.5, 0.6) is 0 Å². The summed E-state index contributed by atoms with van der Waals surface area (Å²) in [4.78, 5) is 14.2. The van der Waals surface area contributed by atoms with Crippen molar-refractivity contribution in [2.45, 2.75) is 110 Å². The normalized spacial score (nSPS) is 28.5. The minimum absolute atomic E-state index is 0.127. The zero-order chi connectivity index (χ0) is 22.5. The first-order valence-corrected chi connectivity index (χ1v) is 12.0. The van der Waals surface area contributed by atoms with Crippen LogP contribution < -0.4 is 0 Å². The van der Waals surface area contributed by atoms with Gasteiger partial charge in [0, 0.05) is 24.9 Å². The lowest BCUT2D eigenvalue weighted by Gasteiger charge is -2.32. The highest BCUT2D eigenvalue weighted by Gasteiger charge is 2.43. The number of aliphatic hydroxyl groups excluding tert-OH is 1. The molecule has 0 spiro atoms. The van der Waals surface area contributed by atoms with Gasteiger partial charge in [-0.05, 0) is 78.1 Å². The van der Waals surface area contributed by atoms with Gasteiger partial charge >= 0.3 is 0 Å². The average molecular weight is 420 g/mol. The first-order valence-electron chi connectivity index (χ1n) is 12.0. The summed E-state index contributed by atoms with van der Waals surface area (Å²) >= 11 is 0. The van der Waals surface area contributed by atoms with Gasteiger partial charge in [0.1, 0.15) is 0 Å². The standard InChI is InChI=1S/C26H45NO3/c1-7-8-14-26(5,30)15-10-12-21-22-17-19(16-20(22)18-23(21)28)11-9-13-24(29)27(6)25(2,3)4/h10,12,16,20-23,28,30H,7-9,11,13-15,17-18H2,1-6H3/t20-,21+,22-,23+,26-/m0/s1. The summed E-state index contributed by atoms with van der Waals surface area (Å²) in [7, 11) is 1.89. The second kappa shape index (κ2) is 10.5. The zero-order valence-corrected chi connectivity index (χ0v) is 20.2. The molecule has 5 atom stereocenters. The van der Waals surface area contributed by atoms with E-state index in [1.54, 1.807) is 0 Å². The van der Waals surface area contributed by atoms with Crippen molar-refractivity contribution >= 4 is 5.91 Å². The van der Waals surface area contributed by atoms with Crippen LogP contribution in [0.2, 0.25) is 0 Å². The number of fused-ring (bicyclic) bond motifs is 1. The Morgan fingerprint density at radius 1 is 1.27 bits per heavy atom. The molecule has 0 bridgehead atoms. The second-order valence-corrected chi connectivity index (χ2v) is 10.9. The van der Waals surface area contributed by atoms with Gasteiger partial charge in [-0.25, -0.2) is 0 Å². The molecule has 0 saturated heterocycles. The number of unbranched alkanes of at least 4 members (excludes halogenated alkanes) is 1. The monoisotopic (exact) mass is 419 g/mol. The Bertz CT molecular complexity index is 629. The molecule has 30 heavy (non-hydrogen) atoms. The van der Waals surface area contributed by atoms with Crippen LogP contribution in [0.25, 0.3) is 0 Å². The van der Waals surface area contributed by atoms with Gasteiger partial charge in [-0.15, -0.1) is 0 Å². The van der Waals surface area contributed by atoms with Crippen LogP contribution in [0.15, 0.2) is 23.8 Å². The van der Waals surface area contributed by atoms with Crippen molar-refractivity contribution in [3.8, 4) is 0 Å². The highest BCUT2D eigenvalue weighted by atomic mass is 16.3. The number of nitrogens with zero attached hydrogens (tertiary/aromatic N) is 1. The quantitative estimate of drug-likeness (QED) is 0.476. The fourth-order valence-corrected chi connectivity index (χ4v) is 4.94.